The van der Waals surface area contributed by atoms with Gasteiger partial charge in [-0.15, -0.1) is 11.3 Å². The molecule has 0 bridgehead atoms. The molecule has 0 aliphatic carbocycles. The molecule has 5 nitrogen and oxygen atoms in total. The zero-order valence-electron chi connectivity index (χ0n) is 17.4. The zero-order chi connectivity index (χ0) is 21.4. The summed E-state index contributed by atoms with van der Waals surface area (Å²) in [7, 11) is 0. The largest absolute Gasteiger partial charge is 0.399 e. The van der Waals surface area contributed by atoms with E-state index in [0.717, 1.165) is 36.3 Å². The molecular weight excluding hydrogens is 404 g/mol. The number of nitrogens with two attached hydrogens (primary N) is 1. The van der Waals surface area contributed by atoms with Crippen LogP contribution in [-0.2, 0) is 19.5 Å². The Hall–Kier alpha value is -3.22. The lowest BCUT2D eigenvalue weighted by Crippen LogP contribution is -2.35. The van der Waals surface area contributed by atoms with Crippen LogP contribution in [0.3, 0.4) is 0 Å². The Balaban J connectivity index is 1.32. The van der Waals surface area contributed by atoms with Crippen LogP contribution in [0.25, 0.3) is 21.8 Å². The van der Waals surface area contributed by atoms with Crippen LogP contribution in [0.4, 0.5) is 5.69 Å². The maximum atomic E-state index is 12.8. The van der Waals surface area contributed by atoms with Gasteiger partial charge >= 0.3 is 0 Å². The van der Waals surface area contributed by atoms with Crippen molar-refractivity contribution >= 4 is 17.0 Å². The van der Waals surface area contributed by atoms with Gasteiger partial charge in [-0.25, -0.2) is 4.98 Å². The highest BCUT2D eigenvalue weighted by Crippen LogP contribution is 2.30. The van der Waals surface area contributed by atoms with Gasteiger partial charge in [0.05, 0.1) is 11.3 Å². The minimum Gasteiger partial charge on any atom is -0.399 e. The molecule has 1 aliphatic rings. The summed E-state index contributed by atoms with van der Waals surface area (Å²) in [6, 6.07) is 20.4. The predicted octanol–water partition coefficient (Wildman–Crippen LogP) is 4.61. The van der Waals surface area contributed by atoms with Crippen LogP contribution in [0.1, 0.15) is 21.7 Å². The van der Waals surface area contributed by atoms with Gasteiger partial charge in [-0.2, -0.15) is 0 Å². The van der Waals surface area contributed by atoms with Crippen LogP contribution in [0.15, 0.2) is 65.5 Å². The normalized spacial score (nSPS) is 13.8. The summed E-state index contributed by atoms with van der Waals surface area (Å²) in [5.74, 6) is 0.609. The summed E-state index contributed by atoms with van der Waals surface area (Å²) in [6.07, 6.45) is 0.775. The van der Waals surface area contributed by atoms with E-state index in [1.54, 1.807) is 0 Å². The number of hydrogen-bond acceptors (Lipinski definition) is 5. The summed E-state index contributed by atoms with van der Waals surface area (Å²) in [5, 5.41) is 0. The standard InChI is InChI=1S/C25H24N4OS/c1-16-2-4-17(5-3-16)23-11-10-20(31-23)14-29-13-12-22-21(15-29)25(30)28-24(27-22)18-6-8-19(26)9-7-18/h2-11H,12-15,26H2,1H3,(H,27,28,30). The van der Waals surface area contributed by atoms with Gasteiger partial charge in [0, 0.05) is 47.1 Å². The third-order valence-electron chi connectivity index (χ3n) is 5.71. The Morgan fingerprint density at radius 3 is 2.55 bits per heavy atom. The van der Waals surface area contributed by atoms with Crippen LogP contribution in [0.5, 0.6) is 0 Å². The Bertz CT molecular complexity index is 1270. The number of nitrogen functional groups attached to an aromatic ring is 1. The third-order valence-corrected chi connectivity index (χ3v) is 6.83. The molecule has 0 fully saturated rings. The molecule has 0 atom stereocenters. The quantitative estimate of drug-likeness (QED) is 0.465. The average molecular weight is 429 g/mol. The van der Waals surface area contributed by atoms with E-state index in [0.29, 0.717) is 18.1 Å². The van der Waals surface area contributed by atoms with Crippen molar-refractivity contribution in [3.05, 3.63) is 92.7 Å². The van der Waals surface area contributed by atoms with Gasteiger partial charge in [-0.05, 0) is 48.9 Å². The lowest BCUT2D eigenvalue weighted by molar-refractivity contribution is 0.244. The van der Waals surface area contributed by atoms with Crippen molar-refractivity contribution in [2.24, 2.45) is 0 Å². The second-order valence-electron chi connectivity index (χ2n) is 8.05. The molecule has 156 valence electrons. The van der Waals surface area contributed by atoms with Crippen molar-refractivity contribution in [2.45, 2.75) is 26.4 Å². The second kappa shape index (κ2) is 8.13. The molecule has 5 rings (SSSR count). The number of anilines is 1. The van der Waals surface area contributed by atoms with Gasteiger partial charge in [-0.1, -0.05) is 29.8 Å². The average Bonchev–Trinajstić information content (AvgIpc) is 3.23. The van der Waals surface area contributed by atoms with Gasteiger partial charge in [0.15, 0.2) is 0 Å². The van der Waals surface area contributed by atoms with Crippen LogP contribution in [-0.4, -0.2) is 21.4 Å². The van der Waals surface area contributed by atoms with Crippen LogP contribution >= 0.6 is 11.3 Å². The van der Waals surface area contributed by atoms with Crippen molar-refractivity contribution in [2.75, 3.05) is 12.3 Å². The van der Waals surface area contributed by atoms with Gasteiger partial charge in [-0.3, -0.25) is 9.69 Å². The minimum atomic E-state index is -0.0481. The number of nitrogens with zero attached hydrogens (tertiary/aromatic N) is 2. The molecule has 0 saturated heterocycles. The first-order valence-corrected chi connectivity index (χ1v) is 11.2. The fraction of sp³-hybridized carbons (Fsp3) is 0.200. The van der Waals surface area contributed by atoms with Crippen molar-refractivity contribution in [1.82, 2.24) is 14.9 Å². The lowest BCUT2D eigenvalue weighted by Gasteiger charge is -2.27. The van der Waals surface area contributed by atoms with E-state index in [1.807, 2.05) is 35.6 Å². The summed E-state index contributed by atoms with van der Waals surface area (Å²) in [5.41, 5.74) is 11.5. The number of aromatic nitrogens is 2. The Kier molecular flexibility index (Phi) is 5.18. The summed E-state index contributed by atoms with van der Waals surface area (Å²) >= 11 is 1.82. The molecule has 0 amide bonds. The van der Waals surface area contributed by atoms with E-state index in [4.69, 9.17) is 10.7 Å². The zero-order valence-corrected chi connectivity index (χ0v) is 18.2. The number of H-pyrrole nitrogens is 1. The number of benzene rings is 2. The van der Waals surface area contributed by atoms with Crippen LogP contribution < -0.4 is 11.3 Å². The fourth-order valence-corrected chi connectivity index (χ4v) is 5.01. The number of aromatic amines is 1. The fourth-order valence-electron chi connectivity index (χ4n) is 3.95. The Labute approximate surface area is 185 Å². The molecule has 4 aromatic rings. The maximum Gasteiger partial charge on any atom is 0.255 e. The van der Waals surface area contributed by atoms with Crippen LogP contribution in [0, 0.1) is 6.92 Å². The molecule has 3 N–H and O–H groups in total. The molecule has 0 unspecified atom stereocenters. The monoisotopic (exact) mass is 428 g/mol. The van der Waals surface area contributed by atoms with Gasteiger partial charge in [0.2, 0.25) is 0 Å². The third kappa shape index (κ3) is 4.17. The molecule has 6 heteroatoms. The smallest absolute Gasteiger partial charge is 0.255 e. The van der Waals surface area contributed by atoms with E-state index >= 15 is 0 Å². The number of aryl methyl sites for hydroxylation is 1. The maximum absolute atomic E-state index is 12.8. The van der Waals surface area contributed by atoms with Crippen molar-refractivity contribution < 1.29 is 0 Å². The molecule has 1 aliphatic heterocycles. The van der Waals surface area contributed by atoms with E-state index in [2.05, 4.69) is 53.2 Å². The number of fused-ring (bicyclic) bond motifs is 1. The summed E-state index contributed by atoms with van der Waals surface area (Å²) < 4.78 is 0. The van der Waals surface area contributed by atoms with Crippen molar-refractivity contribution in [1.29, 1.82) is 0 Å². The van der Waals surface area contributed by atoms with Gasteiger partial charge < -0.3 is 10.7 Å². The predicted molar refractivity (Wildman–Crippen MR) is 127 cm³/mol. The Morgan fingerprint density at radius 2 is 1.77 bits per heavy atom. The minimum absolute atomic E-state index is 0.0481. The van der Waals surface area contributed by atoms with Gasteiger partial charge in [0.1, 0.15) is 5.82 Å². The number of rotatable bonds is 4. The molecule has 0 radical (unpaired) electrons. The van der Waals surface area contributed by atoms with E-state index in [-0.39, 0.29) is 5.56 Å². The highest BCUT2D eigenvalue weighted by molar-refractivity contribution is 7.15. The van der Waals surface area contributed by atoms with Crippen molar-refractivity contribution in [3.8, 4) is 21.8 Å². The SMILES string of the molecule is Cc1ccc(-c2ccc(CN3CCc4nc(-c5ccc(N)cc5)[nH]c(=O)c4C3)s2)cc1. The number of thiophene rings is 1. The molecule has 2 aromatic carbocycles. The molecule has 3 heterocycles. The lowest BCUT2D eigenvalue weighted by atomic mass is 10.1. The summed E-state index contributed by atoms with van der Waals surface area (Å²) in [6.45, 7) is 4.46. The van der Waals surface area contributed by atoms with Crippen molar-refractivity contribution in [3.63, 3.8) is 0 Å². The number of nitrogens with one attached hydrogen (secondary N) is 1. The molecule has 0 spiro atoms. The number of hydrogen-bond donors (Lipinski definition) is 2. The Morgan fingerprint density at radius 1 is 1.03 bits per heavy atom. The second-order valence-corrected chi connectivity index (χ2v) is 9.22. The topological polar surface area (TPSA) is 75.0 Å². The molecule has 0 saturated carbocycles. The molecule has 31 heavy (non-hydrogen) atoms. The summed E-state index contributed by atoms with van der Waals surface area (Å²) in [4.78, 5) is 25.4. The molecule has 2 aromatic heterocycles. The van der Waals surface area contributed by atoms with E-state index in [9.17, 15) is 4.79 Å². The molecular formula is C25H24N4OS. The first-order valence-electron chi connectivity index (χ1n) is 10.4. The highest BCUT2D eigenvalue weighted by atomic mass is 32.1. The van der Waals surface area contributed by atoms with Crippen LogP contribution in [0.2, 0.25) is 0 Å². The first kappa shape index (κ1) is 19.7. The first-order chi connectivity index (χ1) is 15.0. The van der Waals surface area contributed by atoms with Gasteiger partial charge in [0.25, 0.3) is 5.56 Å². The van der Waals surface area contributed by atoms with E-state index < -0.39 is 0 Å². The van der Waals surface area contributed by atoms with E-state index in [1.165, 1.54) is 20.9 Å². The highest BCUT2D eigenvalue weighted by Gasteiger charge is 2.22.